The number of ether oxygens (including phenoxy) is 3. The highest BCUT2D eigenvalue weighted by molar-refractivity contribution is 14.1. The normalized spacial score (nSPS) is 15.2. The SMILES string of the molecule is COc1ccc(C=C2N=C(c3ccc(I)cc3)OC2=O)cc1OC. The van der Waals surface area contributed by atoms with Crippen LogP contribution in [0.2, 0.25) is 0 Å². The van der Waals surface area contributed by atoms with Gasteiger partial charge < -0.3 is 14.2 Å². The molecule has 3 rings (SSSR count). The highest BCUT2D eigenvalue weighted by atomic mass is 127. The van der Waals surface area contributed by atoms with E-state index in [1.165, 1.54) is 0 Å². The number of hydrogen-bond acceptors (Lipinski definition) is 5. The number of benzene rings is 2. The lowest BCUT2D eigenvalue weighted by molar-refractivity contribution is -0.129. The maximum absolute atomic E-state index is 12.0. The zero-order chi connectivity index (χ0) is 17.1. The van der Waals surface area contributed by atoms with Crippen molar-refractivity contribution in [3.63, 3.8) is 0 Å². The van der Waals surface area contributed by atoms with Gasteiger partial charge >= 0.3 is 5.97 Å². The molecule has 0 aromatic heterocycles. The average molecular weight is 435 g/mol. The number of nitrogens with zero attached hydrogens (tertiary/aromatic N) is 1. The second kappa shape index (κ2) is 7.04. The van der Waals surface area contributed by atoms with Crippen molar-refractivity contribution in [1.29, 1.82) is 0 Å². The van der Waals surface area contributed by atoms with Gasteiger partial charge in [0.2, 0.25) is 5.90 Å². The van der Waals surface area contributed by atoms with E-state index in [-0.39, 0.29) is 5.70 Å². The Hall–Kier alpha value is -2.35. The number of carbonyl (C=O) groups excluding carboxylic acids is 1. The van der Waals surface area contributed by atoms with E-state index >= 15 is 0 Å². The summed E-state index contributed by atoms with van der Waals surface area (Å²) in [6, 6.07) is 13.0. The molecule has 0 radical (unpaired) electrons. The summed E-state index contributed by atoms with van der Waals surface area (Å²) in [6.07, 6.45) is 1.66. The molecule has 1 aliphatic rings. The lowest BCUT2D eigenvalue weighted by Gasteiger charge is -2.07. The highest BCUT2D eigenvalue weighted by Crippen LogP contribution is 2.29. The Morgan fingerprint density at radius 3 is 2.42 bits per heavy atom. The summed E-state index contributed by atoms with van der Waals surface area (Å²) in [5.74, 6) is 1.04. The Morgan fingerprint density at radius 2 is 1.75 bits per heavy atom. The van der Waals surface area contributed by atoms with Gasteiger partial charge in [-0.1, -0.05) is 6.07 Å². The minimum atomic E-state index is -0.474. The van der Waals surface area contributed by atoms with Gasteiger partial charge in [0.1, 0.15) is 0 Å². The molecular formula is C18H14INO4. The van der Waals surface area contributed by atoms with Gasteiger partial charge in [0.25, 0.3) is 0 Å². The van der Waals surface area contributed by atoms with Crippen LogP contribution in [0.4, 0.5) is 0 Å². The predicted molar refractivity (Wildman–Crippen MR) is 99.3 cm³/mol. The van der Waals surface area contributed by atoms with Crippen molar-refractivity contribution in [2.75, 3.05) is 14.2 Å². The van der Waals surface area contributed by atoms with Crippen molar-refractivity contribution < 1.29 is 19.0 Å². The van der Waals surface area contributed by atoms with Gasteiger partial charge in [0.15, 0.2) is 17.2 Å². The van der Waals surface area contributed by atoms with Gasteiger partial charge in [-0.2, -0.15) is 0 Å². The smallest absolute Gasteiger partial charge is 0.363 e. The first kappa shape index (κ1) is 16.5. The van der Waals surface area contributed by atoms with Gasteiger partial charge in [-0.3, -0.25) is 0 Å². The number of halogens is 1. The molecule has 1 heterocycles. The molecule has 0 saturated heterocycles. The first-order chi connectivity index (χ1) is 11.6. The average Bonchev–Trinajstić information content (AvgIpc) is 2.96. The molecule has 24 heavy (non-hydrogen) atoms. The van der Waals surface area contributed by atoms with Crippen molar-refractivity contribution in [3.05, 3.63) is 62.9 Å². The van der Waals surface area contributed by atoms with E-state index in [2.05, 4.69) is 27.6 Å². The Balaban J connectivity index is 1.92. The Labute approximate surface area is 153 Å². The largest absolute Gasteiger partial charge is 0.493 e. The van der Waals surface area contributed by atoms with E-state index in [4.69, 9.17) is 14.2 Å². The van der Waals surface area contributed by atoms with E-state index in [1.807, 2.05) is 30.3 Å². The van der Waals surface area contributed by atoms with Crippen LogP contribution >= 0.6 is 22.6 Å². The van der Waals surface area contributed by atoms with Gasteiger partial charge in [-0.15, -0.1) is 0 Å². The van der Waals surface area contributed by atoms with Gasteiger partial charge in [0, 0.05) is 9.13 Å². The quantitative estimate of drug-likeness (QED) is 0.418. The second-order valence-electron chi connectivity index (χ2n) is 4.96. The third-order valence-corrected chi connectivity index (χ3v) is 4.14. The number of hydrogen-bond donors (Lipinski definition) is 0. The Morgan fingerprint density at radius 1 is 1.04 bits per heavy atom. The fourth-order valence-electron chi connectivity index (χ4n) is 2.23. The van der Waals surface area contributed by atoms with Gasteiger partial charge in [-0.25, -0.2) is 9.79 Å². The van der Waals surface area contributed by atoms with Crippen LogP contribution in [-0.4, -0.2) is 26.1 Å². The number of rotatable bonds is 4. The van der Waals surface area contributed by atoms with Crippen LogP contribution in [-0.2, 0) is 9.53 Å². The van der Waals surface area contributed by atoms with Crippen LogP contribution in [0.5, 0.6) is 11.5 Å². The van der Waals surface area contributed by atoms with Crippen molar-refractivity contribution in [2.24, 2.45) is 4.99 Å². The molecular weight excluding hydrogens is 421 g/mol. The monoisotopic (exact) mass is 435 g/mol. The standard InChI is InChI=1S/C18H14INO4/c1-22-15-8-3-11(10-16(15)23-2)9-14-18(21)24-17(20-14)12-4-6-13(19)7-5-12/h3-10H,1-2H3. The number of esters is 1. The molecule has 0 aliphatic carbocycles. The molecule has 2 aromatic carbocycles. The van der Waals surface area contributed by atoms with Crippen LogP contribution in [0.15, 0.2) is 53.2 Å². The third-order valence-electron chi connectivity index (χ3n) is 3.42. The molecule has 122 valence electrons. The lowest BCUT2D eigenvalue weighted by Crippen LogP contribution is -2.05. The molecule has 0 bridgehead atoms. The summed E-state index contributed by atoms with van der Waals surface area (Å²) < 4.78 is 16.8. The summed E-state index contributed by atoms with van der Waals surface area (Å²) >= 11 is 2.21. The molecule has 0 fully saturated rings. The first-order valence-electron chi connectivity index (χ1n) is 7.11. The van der Waals surface area contributed by atoms with Crippen LogP contribution < -0.4 is 9.47 Å². The van der Waals surface area contributed by atoms with Crippen LogP contribution in [0.3, 0.4) is 0 Å². The molecule has 5 nitrogen and oxygen atoms in total. The zero-order valence-electron chi connectivity index (χ0n) is 13.1. The van der Waals surface area contributed by atoms with Crippen molar-refractivity contribution in [1.82, 2.24) is 0 Å². The number of methoxy groups -OCH3 is 2. The Bertz CT molecular complexity index is 841. The topological polar surface area (TPSA) is 57.1 Å². The van der Waals surface area contributed by atoms with Crippen LogP contribution in [0, 0.1) is 3.57 Å². The van der Waals surface area contributed by atoms with Gasteiger partial charge in [-0.05, 0) is 70.6 Å². The molecule has 0 N–H and O–H groups in total. The van der Waals surface area contributed by atoms with E-state index < -0.39 is 5.97 Å². The van der Waals surface area contributed by atoms with E-state index in [9.17, 15) is 4.79 Å². The summed E-state index contributed by atoms with van der Waals surface area (Å²) in [5, 5.41) is 0. The minimum Gasteiger partial charge on any atom is -0.493 e. The van der Waals surface area contributed by atoms with Crippen LogP contribution in [0.1, 0.15) is 11.1 Å². The lowest BCUT2D eigenvalue weighted by atomic mass is 10.1. The first-order valence-corrected chi connectivity index (χ1v) is 8.19. The second-order valence-corrected chi connectivity index (χ2v) is 6.20. The molecule has 0 spiro atoms. The van der Waals surface area contributed by atoms with Crippen molar-refractivity contribution in [3.8, 4) is 11.5 Å². The molecule has 1 aliphatic heterocycles. The highest BCUT2D eigenvalue weighted by Gasteiger charge is 2.24. The van der Waals surface area contributed by atoms with E-state index in [0.29, 0.717) is 17.4 Å². The van der Waals surface area contributed by atoms with E-state index in [0.717, 1.165) is 14.7 Å². The number of aliphatic imine (C=N–C) groups is 1. The van der Waals surface area contributed by atoms with Crippen molar-refractivity contribution in [2.45, 2.75) is 0 Å². The fraction of sp³-hybridized carbons (Fsp3) is 0.111. The third kappa shape index (κ3) is 3.43. The predicted octanol–water partition coefficient (Wildman–Crippen LogP) is 3.65. The molecule has 0 unspecified atom stereocenters. The molecule has 2 aromatic rings. The number of cyclic esters (lactones) is 1. The van der Waals surface area contributed by atoms with Gasteiger partial charge in [0.05, 0.1) is 14.2 Å². The summed E-state index contributed by atoms with van der Waals surface area (Å²) in [7, 11) is 3.13. The summed E-state index contributed by atoms with van der Waals surface area (Å²) in [6.45, 7) is 0. The molecule has 0 amide bonds. The fourth-order valence-corrected chi connectivity index (χ4v) is 2.59. The zero-order valence-corrected chi connectivity index (χ0v) is 15.2. The van der Waals surface area contributed by atoms with Crippen molar-refractivity contribution >= 4 is 40.5 Å². The van der Waals surface area contributed by atoms with Crippen LogP contribution in [0.25, 0.3) is 6.08 Å². The maximum atomic E-state index is 12.0. The van der Waals surface area contributed by atoms with E-state index in [1.54, 1.807) is 32.4 Å². The maximum Gasteiger partial charge on any atom is 0.363 e. The summed E-state index contributed by atoms with van der Waals surface area (Å²) in [4.78, 5) is 16.3. The molecule has 0 saturated carbocycles. The minimum absolute atomic E-state index is 0.246. The number of carbonyl (C=O) groups is 1. The molecule has 0 atom stereocenters. The Kier molecular flexibility index (Phi) is 4.84. The summed E-state index contributed by atoms with van der Waals surface area (Å²) in [5.41, 5.74) is 1.78. The molecule has 6 heteroatoms.